The molecule has 6 nitrogen and oxygen atoms in total. The van der Waals surface area contributed by atoms with Gasteiger partial charge < -0.3 is 19.8 Å². The molecule has 0 aromatic rings. The van der Waals surface area contributed by atoms with Crippen molar-refractivity contribution >= 4 is 12.1 Å². The minimum atomic E-state index is -1.36. The summed E-state index contributed by atoms with van der Waals surface area (Å²) >= 11 is 0. The largest absolute Gasteiger partial charge is 0.481 e. The van der Waals surface area contributed by atoms with Gasteiger partial charge in [-0.05, 0) is 40.0 Å². The van der Waals surface area contributed by atoms with Gasteiger partial charge in [0, 0.05) is 6.54 Å². The van der Waals surface area contributed by atoms with E-state index in [1.807, 2.05) is 0 Å². The fourth-order valence-corrected chi connectivity index (χ4v) is 3.70. The highest BCUT2D eigenvalue weighted by Gasteiger charge is 2.59. The van der Waals surface area contributed by atoms with Gasteiger partial charge in [0.2, 0.25) is 0 Å². The molecule has 1 aliphatic carbocycles. The number of carboxylic acid groups (broad SMARTS) is 1. The molecule has 1 saturated heterocycles. The smallest absolute Gasteiger partial charge is 0.410 e. The first kappa shape index (κ1) is 17.1. The van der Waals surface area contributed by atoms with Gasteiger partial charge in [-0.2, -0.15) is 0 Å². The molecule has 1 unspecified atom stereocenters. The molecule has 2 rings (SSSR count). The van der Waals surface area contributed by atoms with E-state index in [0.717, 1.165) is 19.3 Å². The van der Waals surface area contributed by atoms with Crippen molar-refractivity contribution in [2.45, 2.75) is 70.5 Å². The Hall–Kier alpha value is -1.30. The van der Waals surface area contributed by atoms with Crippen LogP contribution in [0.3, 0.4) is 0 Å². The van der Waals surface area contributed by atoms with E-state index in [9.17, 15) is 19.8 Å². The number of hydrogen-bond donors (Lipinski definition) is 2. The lowest BCUT2D eigenvalue weighted by Crippen LogP contribution is -2.56. The van der Waals surface area contributed by atoms with Crippen LogP contribution >= 0.6 is 0 Å². The van der Waals surface area contributed by atoms with Gasteiger partial charge in [-0.15, -0.1) is 0 Å². The number of nitrogens with zero attached hydrogens (tertiary/aromatic N) is 1. The molecular weight excluding hydrogens is 286 g/mol. The molecule has 1 aliphatic heterocycles. The number of carbonyl (C=O) groups excluding carboxylic acids is 1. The lowest BCUT2D eigenvalue weighted by molar-refractivity contribution is -0.173. The Morgan fingerprint density at radius 3 is 2.18 bits per heavy atom. The summed E-state index contributed by atoms with van der Waals surface area (Å²) in [5, 5.41) is 20.8. The van der Waals surface area contributed by atoms with Crippen LogP contribution < -0.4 is 0 Å². The van der Waals surface area contributed by atoms with E-state index in [4.69, 9.17) is 4.74 Å². The molecule has 2 fully saturated rings. The Morgan fingerprint density at radius 2 is 1.68 bits per heavy atom. The SMILES string of the molecule is CC(C)(C)OC(=O)N1CCC(O)(C2(C(=O)O)CCCCC2)C1. The van der Waals surface area contributed by atoms with E-state index in [2.05, 4.69) is 0 Å². The maximum atomic E-state index is 12.2. The molecule has 6 heteroatoms. The van der Waals surface area contributed by atoms with Crippen molar-refractivity contribution in [2.75, 3.05) is 13.1 Å². The average molecular weight is 313 g/mol. The quantitative estimate of drug-likeness (QED) is 0.817. The number of aliphatic hydroxyl groups is 1. The fraction of sp³-hybridized carbons (Fsp3) is 0.875. The number of carboxylic acids is 1. The van der Waals surface area contributed by atoms with E-state index < -0.39 is 28.7 Å². The van der Waals surface area contributed by atoms with Gasteiger partial charge in [-0.3, -0.25) is 4.79 Å². The van der Waals surface area contributed by atoms with Crippen LogP contribution in [0.25, 0.3) is 0 Å². The minimum Gasteiger partial charge on any atom is -0.481 e. The standard InChI is InChI=1S/C16H27NO5/c1-14(2,3)22-13(20)17-10-9-16(21,11-17)15(12(18)19)7-5-4-6-8-15/h21H,4-11H2,1-3H3,(H,18,19). The molecule has 2 N–H and O–H groups in total. The molecule has 126 valence electrons. The highest BCUT2D eigenvalue weighted by Crippen LogP contribution is 2.49. The van der Waals surface area contributed by atoms with Crippen LogP contribution in [0.2, 0.25) is 0 Å². The average Bonchev–Trinajstić information content (AvgIpc) is 2.82. The van der Waals surface area contributed by atoms with E-state index in [1.54, 1.807) is 20.8 Å². The Labute approximate surface area is 131 Å². The molecule has 0 aromatic heterocycles. The van der Waals surface area contributed by atoms with Gasteiger partial charge in [-0.25, -0.2) is 4.79 Å². The van der Waals surface area contributed by atoms with Gasteiger partial charge in [0.1, 0.15) is 11.2 Å². The van der Waals surface area contributed by atoms with Crippen molar-refractivity contribution in [3.63, 3.8) is 0 Å². The third-order valence-corrected chi connectivity index (χ3v) is 4.91. The van der Waals surface area contributed by atoms with Crippen LogP contribution in [0, 0.1) is 5.41 Å². The van der Waals surface area contributed by atoms with Crippen molar-refractivity contribution in [3.8, 4) is 0 Å². The molecule has 2 aliphatic rings. The number of aliphatic carboxylic acids is 1. The summed E-state index contributed by atoms with van der Waals surface area (Å²) in [6, 6.07) is 0. The molecule has 1 atom stereocenters. The zero-order chi connectivity index (χ0) is 16.6. The molecule has 1 saturated carbocycles. The number of rotatable bonds is 2. The van der Waals surface area contributed by atoms with Crippen molar-refractivity contribution in [2.24, 2.45) is 5.41 Å². The van der Waals surface area contributed by atoms with Gasteiger partial charge in [0.25, 0.3) is 0 Å². The molecule has 0 radical (unpaired) electrons. The molecular formula is C16H27NO5. The van der Waals surface area contributed by atoms with Crippen molar-refractivity contribution < 1.29 is 24.5 Å². The van der Waals surface area contributed by atoms with E-state index in [1.165, 1.54) is 4.90 Å². The van der Waals surface area contributed by atoms with Gasteiger partial charge in [0.15, 0.2) is 0 Å². The normalized spacial score (nSPS) is 28.5. The summed E-state index contributed by atoms with van der Waals surface area (Å²) in [6.07, 6.45) is 3.36. The second kappa shape index (κ2) is 5.72. The third kappa shape index (κ3) is 3.07. The predicted molar refractivity (Wildman–Crippen MR) is 80.5 cm³/mol. The van der Waals surface area contributed by atoms with E-state index in [0.29, 0.717) is 25.8 Å². The number of amides is 1. The van der Waals surface area contributed by atoms with Crippen molar-refractivity contribution in [1.82, 2.24) is 4.90 Å². The number of β-amino-alcohol motifs (C(OH)–C–C–N with tert-alkyl or cyclic N) is 1. The number of ether oxygens (including phenoxy) is 1. The van der Waals surface area contributed by atoms with Crippen LogP contribution in [-0.2, 0) is 9.53 Å². The Kier molecular flexibility index (Phi) is 4.44. The molecule has 22 heavy (non-hydrogen) atoms. The van der Waals surface area contributed by atoms with Crippen LogP contribution in [0.5, 0.6) is 0 Å². The van der Waals surface area contributed by atoms with Gasteiger partial charge >= 0.3 is 12.1 Å². The summed E-state index contributed by atoms with van der Waals surface area (Å²) in [5.41, 5.74) is -3.11. The lowest BCUT2D eigenvalue weighted by atomic mass is 9.62. The number of hydrogen-bond acceptors (Lipinski definition) is 4. The molecule has 1 amide bonds. The summed E-state index contributed by atoms with van der Waals surface area (Å²) in [5.74, 6) is -0.944. The van der Waals surface area contributed by atoms with Crippen LogP contribution in [-0.4, -0.2) is 51.5 Å². The van der Waals surface area contributed by atoms with Crippen molar-refractivity contribution in [1.29, 1.82) is 0 Å². The Balaban J connectivity index is 2.15. The van der Waals surface area contributed by atoms with E-state index in [-0.39, 0.29) is 6.54 Å². The Morgan fingerprint density at radius 1 is 1.09 bits per heavy atom. The summed E-state index contributed by atoms with van der Waals surface area (Å²) in [4.78, 5) is 25.5. The van der Waals surface area contributed by atoms with Crippen LogP contribution in [0.4, 0.5) is 4.79 Å². The van der Waals surface area contributed by atoms with Crippen LogP contribution in [0.1, 0.15) is 59.3 Å². The highest BCUT2D eigenvalue weighted by molar-refractivity contribution is 5.77. The predicted octanol–water partition coefficient (Wildman–Crippen LogP) is 2.39. The maximum Gasteiger partial charge on any atom is 0.410 e. The van der Waals surface area contributed by atoms with Gasteiger partial charge in [-0.1, -0.05) is 19.3 Å². The second-order valence-corrected chi connectivity index (χ2v) is 7.63. The summed E-state index contributed by atoms with van der Waals surface area (Å²) in [7, 11) is 0. The summed E-state index contributed by atoms with van der Waals surface area (Å²) in [6.45, 7) is 5.72. The first-order chi connectivity index (χ1) is 10.1. The third-order valence-electron chi connectivity index (χ3n) is 4.91. The lowest BCUT2D eigenvalue weighted by Gasteiger charge is -2.44. The number of likely N-dealkylation sites (tertiary alicyclic amines) is 1. The molecule has 0 bridgehead atoms. The van der Waals surface area contributed by atoms with Gasteiger partial charge in [0.05, 0.1) is 12.0 Å². The van der Waals surface area contributed by atoms with Crippen LogP contribution in [0.15, 0.2) is 0 Å². The summed E-state index contributed by atoms with van der Waals surface area (Å²) < 4.78 is 5.32. The number of carbonyl (C=O) groups is 2. The fourth-order valence-electron chi connectivity index (χ4n) is 3.70. The van der Waals surface area contributed by atoms with E-state index >= 15 is 0 Å². The topological polar surface area (TPSA) is 87.1 Å². The highest BCUT2D eigenvalue weighted by atomic mass is 16.6. The molecule has 0 aromatic carbocycles. The monoisotopic (exact) mass is 313 g/mol. The molecule has 1 heterocycles. The minimum absolute atomic E-state index is 0.0359. The van der Waals surface area contributed by atoms with Crippen molar-refractivity contribution in [3.05, 3.63) is 0 Å². The first-order valence-corrected chi connectivity index (χ1v) is 8.03. The molecule has 0 spiro atoms. The Bertz CT molecular complexity index is 450. The first-order valence-electron chi connectivity index (χ1n) is 8.03. The zero-order valence-electron chi connectivity index (χ0n) is 13.7. The maximum absolute atomic E-state index is 12.2. The second-order valence-electron chi connectivity index (χ2n) is 7.63. The zero-order valence-corrected chi connectivity index (χ0v) is 13.7.